The van der Waals surface area contributed by atoms with Gasteiger partial charge in [-0.15, -0.1) is 11.3 Å². The number of amides is 1. The van der Waals surface area contributed by atoms with Gasteiger partial charge in [-0.2, -0.15) is 0 Å². The Morgan fingerprint density at radius 1 is 0.967 bits per heavy atom. The molecular formula is C23H21N3O3S. The lowest BCUT2D eigenvalue weighted by Crippen LogP contribution is -2.22. The number of thiophene rings is 1. The van der Waals surface area contributed by atoms with E-state index in [1.54, 1.807) is 14.2 Å². The van der Waals surface area contributed by atoms with Crippen molar-refractivity contribution in [2.75, 3.05) is 20.0 Å². The average Bonchev–Trinajstić information content (AvgIpc) is 3.13. The fourth-order valence-electron chi connectivity index (χ4n) is 3.09. The Morgan fingerprint density at radius 2 is 1.60 bits per heavy atom. The summed E-state index contributed by atoms with van der Waals surface area (Å²) in [6.07, 6.45) is 0. The Labute approximate surface area is 178 Å². The van der Waals surface area contributed by atoms with E-state index in [1.807, 2.05) is 60.7 Å². The van der Waals surface area contributed by atoms with Crippen LogP contribution in [0, 0.1) is 0 Å². The number of pyridine rings is 1. The van der Waals surface area contributed by atoms with E-state index in [0.29, 0.717) is 17.1 Å². The van der Waals surface area contributed by atoms with Gasteiger partial charge in [-0.3, -0.25) is 4.79 Å². The van der Waals surface area contributed by atoms with Crippen LogP contribution in [0.15, 0.2) is 60.7 Å². The van der Waals surface area contributed by atoms with Gasteiger partial charge in [0.15, 0.2) is 0 Å². The molecule has 7 heteroatoms. The summed E-state index contributed by atoms with van der Waals surface area (Å²) >= 11 is 1.30. The number of methoxy groups -OCH3 is 2. The zero-order valence-corrected chi connectivity index (χ0v) is 17.5. The van der Waals surface area contributed by atoms with Crippen molar-refractivity contribution in [3.8, 4) is 22.8 Å². The molecule has 4 rings (SSSR count). The SMILES string of the molecule is COc1ccc(CNC(=O)c2sc3nc(-c4ccc(OC)cc4)ccc3c2N)cc1. The van der Waals surface area contributed by atoms with E-state index in [0.717, 1.165) is 38.5 Å². The number of aromatic nitrogens is 1. The molecule has 0 fully saturated rings. The van der Waals surface area contributed by atoms with Crippen LogP contribution in [-0.2, 0) is 6.54 Å². The minimum absolute atomic E-state index is 0.211. The number of nitrogens with zero attached hydrogens (tertiary/aromatic N) is 1. The smallest absolute Gasteiger partial charge is 0.263 e. The fraction of sp³-hybridized carbons (Fsp3) is 0.130. The summed E-state index contributed by atoms with van der Waals surface area (Å²) in [7, 11) is 3.25. The molecular weight excluding hydrogens is 398 g/mol. The molecule has 2 aromatic carbocycles. The number of ether oxygens (including phenoxy) is 2. The van der Waals surface area contributed by atoms with Crippen molar-refractivity contribution >= 4 is 33.1 Å². The topological polar surface area (TPSA) is 86.5 Å². The Hall–Kier alpha value is -3.58. The highest BCUT2D eigenvalue weighted by Gasteiger charge is 2.17. The van der Waals surface area contributed by atoms with Crippen molar-refractivity contribution in [1.82, 2.24) is 10.3 Å². The maximum absolute atomic E-state index is 12.7. The van der Waals surface area contributed by atoms with Gasteiger partial charge in [0.1, 0.15) is 21.2 Å². The second-order valence-corrected chi connectivity index (χ2v) is 7.65. The van der Waals surface area contributed by atoms with Crippen LogP contribution >= 0.6 is 11.3 Å². The lowest BCUT2D eigenvalue weighted by Gasteiger charge is -2.06. The van der Waals surface area contributed by atoms with E-state index in [4.69, 9.17) is 20.2 Å². The van der Waals surface area contributed by atoms with Crippen LogP contribution in [0.4, 0.5) is 5.69 Å². The molecule has 152 valence electrons. The molecule has 0 spiro atoms. The number of nitrogen functional groups attached to an aromatic ring is 1. The Kier molecular flexibility index (Phi) is 5.54. The minimum atomic E-state index is -0.211. The summed E-state index contributed by atoms with van der Waals surface area (Å²) < 4.78 is 10.4. The van der Waals surface area contributed by atoms with Gasteiger partial charge in [0, 0.05) is 17.5 Å². The standard InChI is InChI=1S/C23H21N3O3S/c1-28-16-7-3-14(4-8-16)13-25-22(27)21-20(24)18-11-12-19(26-23(18)30-21)15-5-9-17(29-2)10-6-15/h3-12H,13,24H2,1-2H3,(H,25,27). The maximum atomic E-state index is 12.7. The number of hydrogen-bond donors (Lipinski definition) is 2. The van der Waals surface area contributed by atoms with Crippen LogP contribution in [0.25, 0.3) is 21.5 Å². The number of benzene rings is 2. The van der Waals surface area contributed by atoms with Gasteiger partial charge < -0.3 is 20.5 Å². The monoisotopic (exact) mass is 419 g/mol. The van der Waals surface area contributed by atoms with Gasteiger partial charge in [0.05, 0.1) is 25.6 Å². The molecule has 0 atom stereocenters. The van der Waals surface area contributed by atoms with Gasteiger partial charge in [-0.1, -0.05) is 12.1 Å². The second kappa shape index (κ2) is 8.42. The molecule has 6 nitrogen and oxygen atoms in total. The van der Waals surface area contributed by atoms with Crippen LogP contribution in [-0.4, -0.2) is 25.1 Å². The third-order valence-corrected chi connectivity index (χ3v) is 5.91. The molecule has 0 aliphatic rings. The number of nitrogens with one attached hydrogen (secondary N) is 1. The van der Waals surface area contributed by atoms with Crippen molar-refractivity contribution in [3.05, 3.63) is 71.1 Å². The summed E-state index contributed by atoms with van der Waals surface area (Å²) in [4.78, 5) is 18.6. The van der Waals surface area contributed by atoms with E-state index >= 15 is 0 Å². The van der Waals surface area contributed by atoms with Crippen LogP contribution in [0.5, 0.6) is 11.5 Å². The highest BCUT2D eigenvalue weighted by molar-refractivity contribution is 7.21. The number of carbonyl (C=O) groups excluding carboxylic acids is 1. The molecule has 0 bridgehead atoms. The number of nitrogens with two attached hydrogens (primary N) is 1. The molecule has 0 aliphatic carbocycles. The van der Waals surface area contributed by atoms with Gasteiger partial charge in [0.2, 0.25) is 0 Å². The van der Waals surface area contributed by atoms with Gasteiger partial charge in [-0.25, -0.2) is 4.98 Å². The van der Waals surface area contributed by atoms with Crippen molar-refractivity contribution in [1.29, 1.82) is 0 Å². The summed E-state index contributed by atoms with van der Waals surface area (Å²) in [5.41, 5.74) is 9.46. The highest BCUT2D eigenvalue weighted by atomic mass is 32.1. The van der Waals surface area contributed by atoms with Crippen molar-refractivity contribution < 1.29 is 14.3 Å². The van der Waals surface area contributed by atoms with Gasteiger partial charge in [0.25, 0.3) is 5.91 Å². The van der Waals surface area contributed by atoms with E-state index in [2.05, 4.69) is 5.32 Å². The van der Waals surface area contributed by atoms with Crippen LogP contribution in [0.1, 0.15) is 15.2 Å². The third-order valence-electron chi connectivity index (χ3n) is 4.80. The number of carbonyl (C=O) groups is 1. The van der Waals surface area contributed by atoms with Crippen LogP contribution in [0.2, 0.25) is 0 Å². The molecule has 2 aromatic heterocycles. The van der Waals surface area contributed by atoms with E-state index in [1.165, 1.54) is 11.3 Å². The first-order valence-electron chi connectivity index (χ1n) is 9.33. The molecule has 3 N–H and O–H groups in total. The van der Waals surface area contributed by atoms with E-state index in [-0.39, 0.29) is 5.91 Å². The zero-order chi connectivity index (χ0) is 21.1. The lowest BCUT2D eigenvalue weighted by atomic mass is 10.1. The lowest BCUT2D eigenvalue weighted by molar-refractivity contribution is 0.0956. The Morgan fingerprint density at radius 3 is 2.23 bits per heavy atom. The number of hydrogen-bond acceptors (Lipinski definition) is 6. The quantitative estimate of drug-likeness (QED) is 0.481. The molecule has 0 unspecified atom stereocenters. The zero-order valence-electron chi connectivity index (χ0n) is 16.6. The molecule has 1 amide bonds. The van der Waals surface area contributed by atoms with E-state index < -0.39 is 0 Å². The normalized spacial score (nSPS) is 10.7. The number of rotatable bonds is 6. The Bertz CT molecular complexity index is 1190. The first-order valence-corrected chi connectivity index (χ1v) is 10.2. The van der Waals surface area contributed by atoms with Crippen molar-refractivity contribution in [2.24, 2.45) is 0 Å². The Balaban J connectivity index is 1.54. The number of anilines is 1. The van der Waals surface area contributed by atoms with Crippen LogP contribution < -0.4 is 20.5 Å². The molecule has 2 heterocycles. The molecule has 4 aromatic rings. The summed E-state index contributed by atoms with van der Waals surface area (Å²) in [6.45, 7) is 0.404. The fourth-order valence-corrected chi connectivity index (χ4v) is 4.10. The largest absolute Gasteiger partial charge is 0.497 e. The third kappa shape index (κ3) is 3.92. The minimum Gasteiger partial charge on any atom is -0.497 e. The first-order chi connectivity index (χ1) is 14.6. The summed E-state index contributed by atoms with van der Waals surface area (Å²) in [5, 5.41) is 3.71. The molecule has 0 saturated heterocycles. The highest BCUT2D eigenvalue weighted by Crippen LogP contribution is 2.34. The molecule has 0 aliphatic heterocycles. The van der Waals surface area contributed by atoms with Gasteiger partial charge >= 0.3 is 0 Å². The second-order valence-electron chi connectivity index (χ2n) is 6.65. The molecule has 0 radical (unpaired) electrons. The number of fused-ring (bicyclic) bond motifs is 1. The van der Waals surface area contributed by atoms with E-state index in [9.17, 15) is 4.79 Å². The summed E-state index contributed by atoms with van der Waals surface area (Å²) in [5.74, 6) is 1.35. The van der Waals surface area contributed by atoms with Crippen molar-refractivity contribution in [2.45, 2.75) is 6.54 Å². The average molecular weight is 420 g/mol. The predicted octanol–water partition coefficient (Wildman–Crippen LogP) is 4.49. The van der Waals surface area contributed by atoms with Crippen LogP contribution in [0.3, 0.4) is 0 Å². The maximum Gasteiger partial charge on any atom is 0.263 e. The van der Waals surface area contributed by atoms with Crippen molar-refractivity contribution in [3.63, 3.8) is 0 Å². The predicted molar refractivity (Wildman–Crippen MR) is 120 cm³/mol. The molecule has 0 saturated carbocycles. The summed E-state index contributed by atoms with van der Waals surface area (Å²) in [6, 6.07) is 19.1. The molecule has 30 heavy (non-hydrogen) atoms. The first kappa shape index (κ1) is 19.7. The van der Waals surface area contributed by atoms with Gasteiger partial charge in [-0.05, 0) is 54.1 Å².